The van der Waals surface area contributed by atoms with Crippen molar-refractivity contribution >= 4 is 33.7 Å². The van der Waals surface area contributed by atoms with E-state index in [0.717, 1.165) is 42.6 Å². The molecule has 0 spiro atoms. The highest BCUT2D eigenvalue weighted by Gasteiger charge is 2.22. The van der Waals surface area contributed by atoms with Gasteiger partial charge in [-0.15, -0.1) is 22.9 Å². The summed E-state index contributed by atoms with van der Waals surface area (Å²) in [4.78, 5) is 8.02. The Hall–Kier alpha value is -0.780. The monoisotopic (exact) mass is 285 g/mol. The van der Waals surface area contributed by atoms with Crippen molar-refractivity contribution in [3.05, 3.63) is 17.3 Å². The number of imidazole rings is 1. The van der Waals surface area contributed by atoms with Crippen molar-refractivity contribution in [3.63, 3.8) is 0 Å². The number of hydrogen-bond donors (Lipinski definition) is 0. The predicted octanol–water partition coefficient (Wildman–Crippen LogP) is 2.75. The van der Waals surface area contributed by atoms with Gasteiger partial charge in [-0.2, -0.15) is 0 Å². The zero-order chi connectivity index (χ0) is 12.5. The number of thiazole rings is 1. The van der Waals surface area contributed by atoms with Crippen molar-refractivity contribution in [1.29, 1.82) is 0 Å². The van der Waals surface area contributed by atoms with Gasteiger partial charge in [0.05, 0.1) is 17.7 Å². The average molecular weight is 286 g/mol. The number of anilines is 1. The van der Waals surface area contributed by atoms with Crippen LogP contribution in [0.5, 0.6) is 0 Å². The van der Waals surface area contributed by atoms with E-state index in [-0.39, 0.29) is 6.10 Å². The summed E-state index contributed by atoms with van der Waals surface area (Å²) in [6.45, 7) is 4.81. The van der Waals surface area contributed by atoms with Crippen LogP contribution in [0.15, 0.2) is 11.6 Å². The van der Waals surface area contributed by atoms with Crippen LogP contribution in [0.25, 0.3) is 4.96 Å². The minimum atomic E-state index is 0.246. The van der Waals surface area contributed by atoms with Crippen molar-refractivity contribution in [2.24, 2.45) is 0 Å². The second-order valence-corrected chi connectivity index (χ2v) is 5.69. The first-order valence-electron chi connectivity index (χ1n) is 6.16. The van der Waals surface area contributed by atoms with E-state index in [9.17, 15) is 0 Å². The Bertz CT molecular complexity index is 538. The molecule has 1 unspecified atom stereocenters. The molecule has 4 nitrogen and oxygen atoms in total. The number of hydrogen-bond acceptors (Lipinski definition) is 4. The maximum absolute atomic E-state index is 6.09. The molecule has 6 heteroatoms. The highest BCUT2D eigenvalue weighted by atomic mass is 35.5. The first-order chi connectivity index (χ1) is 8.79. The molecule has 1 aliphatic heterocycles. The molecule has 0 aliphatic carbocycles. The number of rotatable bonds is 2. The van der Waals surface area contributed by atoms with Crippen molar-refractivity contribution in [1.82, 2.24) is 9.38 Å². The van der Waals surface area contributed by atoms with Gasteiger partial charge in [0.2, 0.25) is 0 Å². The van der Waals surface area contributed by atoms with Gasteiger partial charge in [-0.25, -0.2) is 4.98 Å². The van der Waals surface area contributed by atoms with Gasteiger partial charge >= 0.3 is 0 Å². The second kappa shape index (κ2) is 5.07. The molecule has 98 valence electrons. The lowest BCUT2D eigenvalue weighted by Crippen LogP contribution is -2.31. The largest absolute Gasteiger partial charge is 0.377 e. The van der Waals surface area contributed by atoms with E-state index in [4.69, 9.17) is 21.3 Å². The zero-order valence-electron chi connectivity index (χ0n) is 10.3. The Morgan fingerprint density at radius 1 is 1.61 bits per heavy atom. The minimum absolute atomic E-state index is 0.246. The summed E-state index contributed by atoms with van der Waals surface area (Å²) in [5.41, 5.74) is 1.09. The summed E-state index contributed by atoms with van der Waals surface area (Å²) in [5, 5.41) is 2.04. The van der Waals surface area contributed by atoms with E-state index in [1.54, 1.807) is 11.3 Å². The number of aromatic nitrogens is 2. The smallest absolute Gasteiger partial charge is 0.195 e. The quantitative estimate of drug-likeness (QED) is 0.795. The fourth-order valence-corrected chi connectivity index (χ4v) is 3.36. The molecule has 0 saturated carbocycles. The lowest BCUT2D eigenvalue weighted by Gasteiger charge is -2.22. The molecule has 2 aromatic heterocycles. The van der Waals surface area contributed by atoms with Crippen molar-refractivity contribution in [3.8, 4) is 0 Å². The number of halogens is 1. The molecule has 0 bridgehead atoms. The van der Waals surface area contributed by atoms with Gasteiger partial charge in [-0.3, -0.25) is 4.40 Å². The molecule has 0 radical (unpaired) electrons. The normalized spacial score (nSPS) is 21.4. The van der Waals surface area contributed by atoms with Gasteiger partial charge in [-0.05, 0) is 13.3 Å². The Morgan fingerprint density at radius 2 is 2.50 bits per heavy atom. The standard InChI is InChI=1S/C12H16ClN3OS/c1-9-8-15(3-2-5-17-9)11-10(7-13)16-4-6-18-12(16)14-11/h4,6,9H,2-3,5,7-8H2,1H3. The minimum Gasteiger partial charge on any atom is -0.377 e. The van der Waals surface area contributed by atoms with Gasteiger partial charge in [0.15, 0.2) is 10.8 Å². The molecular weight excluding hydrogens is 270 g/mol. The topological polar surface area (TPSA) is 29.8 Å². The van der Waals surface area contributed by atoms with E-state index in [2.05, 4.69) is 16.2 Å². The third-order valence-electron chi connectivity index (χ3n) is 3.22. The molecule has 0 aromatic carbocycles. The Balaban J connectivity index is 1.98. The van der Waals surface area contributed by atoms with Crippen molar-refractivity contribution in [2.45, 2.75) is 25.3 Å². The SMILES string of the molecule is CC1CN(c2nc3sccn3c2CCl)CCCO1. The fourth-order valence-electron chi connectivity index (χ4n) is 2.39. The Labute approximate surface area is 115 Å². The van der Waals surface area contributed by atoms with Gasteiger partial charge < -0.3 is 9.64 Å². The van der Waals surface area contributed by atoms with Crippen LogP contribution in [0, 0.1) is 0 Å². The van der Waals surface area contributed by atoms with Gasteiger partial charge in [0, 0.05) is 31.3 Å². The second-order valence-electron chi connectivity index (χ2n) is 4.55. The van der Waals surface area contributed by atoms with Gasteiger partial charge in [0.1, 0.15) is 0 Å². The average Bonchev–Trinajstić information content (AvgIpc) is 2.86. The zero-order valence-corrected chi connectivity index (χ0v) is 11.9. The maximum Gasteiger partial charge on any atom is 0.195 e. The summed E-state index contributed by atoms with van der Waals surface area (Å²) in [6, 6.07) is 0. The van der Waals surface area contributed by atoms with Crippen LogP contribution in [0.2, 0.25) is 0 Å². The van der Waals surface area contributed by atoms with Crippen LogP contribution >= 0.6 is 22.9 Å². The molecule has 18 heavy (non-hydrogen) atoms. The molecule has 1 aliphatic rings. The highest BCUT2D eigenvalue weighted by molar-refractivity contribution is 7.15. The van der Waals surface area contributed by atoms with Crippen LogP contribution in [0.4, 0.5) is 5.82 Å². The summed E-state index contributed by atoms with van der Waals surface area (Å²) in [7, 11) is 0. The molecule has 1 atom stereocenters. The predicted molar refractivity (Wildman–Crippen MR) is 74.9 cm³/mol. The number of ether oxygens (including phenoxy) is 1. The van der Waals surface area contributed by atoms with E-state index >= 15 is 0 Å². The summed E-state index contributed by atoms with van der Waals surface area (Å²) < 4.78 is 7.76. The first-order valence-corrected chi connectivity index (χ1v) is 7.58. The van der Waals surface area contributed by atoms with Crippen LogP contribution in [0.1, 0.15) is 19.0 Å². The van der Waals surface area contributed by atoms with E-state index in [0.29, 0.717) is 5.88 Å². The third kappa shape index (κ3) is 2.11. The van der Waals surface area contributed by atoms with E-state index in [1.165, 1.54) is 0 Å². The Kier molecular flexibility index (Phi) is 3.46. The first kappa shape index (κ1) is 12.3. The molecule has 0 N–H and O–H groups in total. The summed E-state index contributed by atoms with van der Waals surface area (Å²) >= 11 is 7.73. The Morgan fingerprint density at radius 3 is 3.33 bits per heavy atom. The van der Waals surface area contributed by atoms with Crippen LogP contribution in [-0.4, -0.2) is 35.2 Å². The van der Waals surface area contributed by atoms with Crippen LogP contribution < -0.4 is 4.90 Å². The van der Waals surface area contributed by atoms with Crippen molar-refractivity contribution in [2.75, 3.05) is 24.6 Å². The van der Waals surface area contributed by atoms with Gasteiger partial charge in [0.25, 0.3) is 0 Å². The lowest BCUT2D eigenvalue weighted by molar-refractivity contribution is 0.0820. The van der Waals surface area contributed by atoms with E-state index in [1.807, 2.05) is 11.6 Å². The highest BCUT2D eigenvalue weighted by Crippen LogP contribution is 2.27. The number of fused-ring (bicyclic) bond motifs is 1. The van der Waals surface area contributed by atoms with Crippen molar-refractivity contribution < 1.29 is 4.74 Å². The molecule has 1 fully saturated rings. The number of alkyl halides is 1. The van der Waals surface area contributed by atoms with Gasteiger partial charge in [-0.1, -0.05) is 0 Å². The molecule has 2 aromatic rings. The maximum atomic E-state index is 6.09. The molecule has 0 amide bonds. The van der Waals surface area contributed by atoms with E-state index < -0.39 is 0 Å². The summed E-state index contributed by atoms with van der Waals surface area (Å²) in [5.74, 6) is 1.51. The molecule has 1 saturated heterocycles. The third-order valence-corrected chi connectivity index (χ3v) is 4.23. The molecular formula is C12H16ClN3OS. The van der Waals surface area contributed by atoms with Crippen LogP contribution in [0.3, 0.4) is 0 Å². The van der Waals surface area contributed by atoms with Crippen LogP contribution in [-0.2, 0) is 10.6 Å². The molecule has 3 heterocycles. The number of nitrogens with zero attached hydrogens (tertiary/aromatic N) is 3. The molecule has 3 rings (SSSR count). The summed E-state index contributed by atoms with van der Waals surface area (Å²) in [6.07, 6.45) is 3.32. The fraction of sp³-hybridized carbons (Fsp3) is 0.583. The lowest BCUT2D eigenvalue weighted by atomic mass is 10.3.